The van der Waals surface area contributed by atoms with Crippen molar-refractivity contribution < 1.29 is 20.1 Å². The van der Waals surface area contributed by atoms with E-state index in [0.717, 1.165) is 0 Å². The van der Waals surface area contributed by atoms with Crippen LogP contribution in [0.25, 0.3) is 0 Å². The third-order valence-electron chi connectivity index (χ3n) is 1.53. The van der Waals surface area contributed by atoms with Gasteiger partial charge in [-0.1, -0.05) is 6.42 Å². The number of aliphatic carboxylic acids is 1. The van der Waals surface area contributed by atoms with Crippen molar-refractivity contribution in [3.63, 3.8) is 0 Å². The van der Waals surface area contributed by atoms with Gasteiger partial charge in [0.25, 0.3) is 0 Å². The standard InChI is InChI=1S/C7H14O4/c8-4-2-1-3-6(5-9)7(10)11/h6,8-9H,1-5H2,(H,10,11). The Bertz CT molecular complexity index is 113. The van der Waals surface area contributed by atoms with E-state index in [0.29, 0.717) is 19.3 Å². The monoisotopic (exact) mass is 162 g/mol. The van der Waals surface area contributed by atoms with Gasteiger partial charge in [-0.05, 0) is 12.8 Å². The third kappa shape index (κ3) is 4.75. The second kappa shape index (κ2) is 6.12. The topological polar surface area (TPSA) is 77.8 Å². The van der Waals surface area contributed by atoms with E-state index in [1.807, 2.05) is 0 Å². The Morgan fingerprint density at radius 3 is 2.27 bits per heavy atom. The largest absolute Gasteiger partial charge is 0.481 e. The van der Waals surface area contributed by atoms with Gasteiger partial charge in [0, 0.05) is 6.61 Å². The molecule has 0 aliphatic heterocycles. The van der Waals surface area contributed by atoms with E-state index in [4.69, 9.17) is 15.3 Å². The zero-order chi connectivity index (χ0) is 8.69. The number of carboxylic acids is 1. The molecule has 11 heavy (non-hydrogen) atoms. The molecule has 0 aromatic rings. The van der Waals surface area contributed by atoms with Crippen molar-refractivity contribution in [2.24, 2.45) is 5.92 Å². The van der Waals surface area contributed by atoms with Crippen LogP contribution in [-0.4, -0.2) is 34.5 Å². The number of hydrogen-bond acceptors (Lipinski definition) is 3. The number of hydrogen-bond donors (Lipinski definition) is 3. The predicted molar refractivity (Wildman–Crippen MR) is 39.1 cm³/mol. The fourth-order valence-electron chi connectivity index (χ4n) is 0.795. The molecule has 1 unspecified atom stereocenters. The Morgan fingerprint density at radius 2 is 1.91 bits per heavy atom. The summed E-state index contributed by atoms with van der Waals surface area (Å²) < 4.78 is 0. The smallest absolute Gasteiger partial charge is 0.308 e. The molecule has 66 valence electrons. The van der Waals surface area contributed by atoms with Gasteiger partial charge >= 0.3 is 5.97 Å². The summed E-state index contributed by atoms with van der Waals surface area (Å²) in [7, 11) is 0. The molecule has 0 saturated heterocycles. The molecule has 0 amide bonds. The molecule has 0 heterocycles. The second-order valence-corrected chi connectivity index (χ2v) is 2.44. The Kier molecular flexibility index (Phi) is 5.78. The van der Waals surface area contributed by atoms with Gasteiger partial charge in [0.1, 0.15) is 0 Å². The number of unbranched alkanes of at least 4 members (excludes halogenated alkanes) is 1. The molecule has 0 aliphatic rings. The maximum atomic E-state index is 10.3. The van der Waals surface area contributed by atoms with Crippen LogP contribution in [0, 0.1) is 5.92 Å². The van der Waals surface area contributed by atoms with Crippen molar-refractivity contribution in [1.82, 2.24) is 0 Å². The van der Waals surface area contributed by atoms with Crippen molar-refractivity contribution >= 4 is 5.97 Å². The van der Waals surface area contributed by atoms with E-state index in [2.05, 4.69) is 0 Å². The summed E-state index contributed by atoms with van der Waals surface area (Å²) in [4.78, 5) is 10.3. The zero-order valence-corrected chi connectivity index (χ0v) is 6.36. The molecule has 4 heteroatoms. The first-order chi connectivity index (χ1) is 5.22. The molecule has 0 aromatic heterocycles. The van der Waals surface area contributed by atoms with E-state index >= 15 is 0 Å². The summed E-state index contributed by atoms with van der Waals surface area (Å²) in [5.74, 6) is -1.63. The van der Waals surface area contributed by atoms with Gasteiger partial charge < -0.3 is 15.3 Å². The average Bonchev–Trinajstić information content (AvgIpc) is 1.97. The summed E-state index contributed by atoms with van der Waals surface area (Å²) in [6, 6.07) is 0. The molecule has 4 nitrogen and oxygen atoms in total. The maximum Gasteiger partial charge on any atom is 0.308 e. The Hall–Kier alpha value is -0.610. The van der Waals surface area contributed by atoms with Crippen molar-refractivity contribution in [3.05, 3.63) is 0 Å². The van der Waals surface area contributed by atoms with Crippen molar-refractivity contribution in [2.75, 3.05) is 13.2 Å². The highest BCUT2D eigenvalue weighted by molar-refractivity contribution is 5.69. The lowest BCUT2D eigenvalue weighted by Gasteiger charge is -2.06. The normalized spacial score (nSPS) is 12.9. The van der Waals surface area contributed by atoms with Crippen LogP contribution < -0.4 is 0 Å². The van der Waals surface area contributed by atoms with Gasteiger partial charge in [-0.2, -0.15) is 0 Å². The molecule has 1 atom stereocenters. The van der Waals surface area contributed by atoms with Crippen molar-refractivity contribution in [2.45, 2.75) is 19.3 Å². The van der Waals surface area contributed by atoms with Crippen LogP contribution in [0.1, 0.15) is 19.3 Å². The summed E-state index contributed by atoms with van der Waals surface area (Å²) in [5.41, 5.74) is 0. The number of aliphatic hydroxyl groups is 2. The first-order valence-corrected chi connectivity index (χ1v) is 3.67. The molecule has 3 N–H and O–H groups in total. The van der Waals surface area contributed by atoms with Crippen LogP contribution in [0.5, 0.6) is 0 Å². The number of carbonyl (C=O) groups is 1. The minimum Gasteiger partial charge on any atom is -0.481 e. The van der Waals surface area contributed by atoms with E-state index in [1.165, 1.54) is 0 Å². The van der Waals surface area contributed by atoms with Crippen LogP contribution in [0.2, 0.25) is 0 Å². The fraction of sp³-hybridized carbons (Fsp3) is 0.857. The molecule has 0 spiro atoms. The minimum absolute atomic E-state index is 0.0811. The lowest BCUT2D eigenvalue weighted by Crippen LogP contribution is -2.17. The molecule has 0 fully saturated rings. The quantitative estimate of drug-likeness (QED) is 0.474. The summed E-state index contributed by atoms with van der Waals surface area (Å²) in [6.07, 6.45) is 1.68. The summed E-state index contributed by atoms with van der Waals surface area (Å²) >= 11 is 0. The van der Waals surface area contributed by atoms with Gasteiger partial charge in [-0.25, -0.2) is 0 Å². The molecule has 0 aromatic carbocycles. The minimum atomic E-state index is -0.967. The van der Waals surface area contributed by atoms with Crippen LogP contribution in [0.4, 0.5) is 0 Å². The van der Waals surface area contributed by atoms with Gasteiger partial charge in [0.2, 0.25) is 0 Å². The van der Waals surface area contributed by atoms with Crippen molar-refractivity contribution in [1.29, 1.82) is 0 Å². The summed E-state index contributed by atoms with van der Waals surface area (Å²) in [6.45, 7) is -0.238. The molecule has 0 rings (SSSR count). The first-order valence-electron chi connectivity index (χ1n) is 3.67. The molecular formula is C7H14O4. The van der Waals surface area contributed by atoms with Gasteiger partial charge in [0.15, 0.2) is 0 Å². The van der Waals surface area contributed by atoms with Crippen LogP contribution in [-0.2, 0) is 4.79 Å². The maximum absolute atomic E-state index is 10.3. The average molecular weight is 162 g/mol. The molecule has 0 bridgehead atoms. The van der Waals surface area contributed by atoms with Crippen molar-refractivity contribution in [3.8, 4) is 0 Å². The molecule has 0 saturated carbocycles. The Balaban J connectivity index is 3.44. The van der Waals surface area contributed by atoms with E-state index in [1.54, 1.807) is 0 Å². The highest BCUT2D eigenvalue weighted by Gasteiger charge is 2.14. The molecule has 0 aliphatic carbocycles. The second-order valence-electron chi connectivity index (χ2n) is 2.44. The lowest BCUT2D eigenvalue weighted by atomic mass is 10.0. The molecule has 0 radical (unpaired) electrons. The Labute approximate surface area is 65.5 Å². The first kappa shape index (κ1) is 10.4. The van der Waals surface area contributed by atoms with E-state index in [-0.39, 0.29) is 13.2 Å². The van der Waals surface area contributed by atoms with E-state index in [9.17, 15) is 4.79 Å². The third-order valence-corrected chi connectivity index (χ3v) is 1.53. The van der Waals surface area contributed by atoms with Crippen LogP contribution in [0.3, 0.4) is 0 Å². The number of carboxylic acid groups (broad SMARTS) is 1. The van der Waals surface area contributed by atoms with Gasteiger partial charge in [-0.15, -0.1) is 0 Å². The number of rotatable bonds is 6. The fourth-order valence-corrected chi connectivity index (χ4v) is 0.795. The Morgan fingerprint density at radius 1 is 1.27 bits per heavy atom. The lowest BCUT2D eigenvalue weighted by molar-refractivity contribution is -0.143. The van der Waals surface area contributed by atoms with Gasteiger partial charge in [-0.3, -0.25) is 4.79 Å². The highest BCUT2D eigenvalue weighted by atomic mass is 16.4. The van der Waals surface area contributed by atoms with E-state index < -0.39 is 11.9 Å². The highest BCUT2D eigenvalue weighted by Crippen LogP contribution is 2.07. The predicted octanol–water partition coefficient (Wildman–Crippen LogP) is -0.158. The van der Waals surface area contributed by atoms with Crippen LogP contribution >= 0.6 is 0 Å². The number of aliphatic hydroxyl groups excluding tert-OH is 2. The van der Waals surface area contributed by atoms with Crippen LogP contribution in [0.15, 0.2) is 0 Å². The van der Waals surface area contributed by atoms with Gasteiger partial charge in [0.05, 0.1) is 12.5 Å². The SMILES string of the molecule is O=C(O)C(CO)CCCCO. The molecular weight excluding hydrogens is 148 g/mol. The summed E-state index contributed by atoms with van der Waals surface area (Å²) in [5, 5.41) is 25.4. The zero-order valence-electron chi connectivity index (χ0n) is 6.36.